The normalized spacial score (nSPS) is 16.0. The second kappa shape index (κ2) is 6.49. The highest BCUT2D eigenvalue weighted by molar-refractivity contribution is 5.66. The van der Waals surface area contributed by atoms with Crippen LogP contribution in [0.5, 0.6) is 0 Å². The molecule has 0 amide bonds. The highest BCUT2D eigenvalue weighted by atomic mass is 16.6. The van der Waals surface area contributed by atoms with E-state index in [0.717, 1.165) is 37.6 Å². The maximum absolute atomic E-state index is 10.7. The standard InChI is InChI=1S/C13H18N4O4/c1-10-8-11(17(20)21)9-14-13(10)16-6-4-15(5-7-16)3-2-12(18)19/h8-9H,2-7H2,1H3,(H,18,19). The van der Waals surface area contributed by atoms with E-state index in [1.165, 1.54) is 12.3 Å². The first-order valence-electron chi connectivity index (χ1n) is 6.77. The van der Waals surface area contributed by atoms with Gasteiger partial charge in [0.25, 0.3) is 5.69 Å². The number of hydrogen-bond donors (Lipinski definition) is 1. The van der Waals surface area contributed by atoms with Gasteiger partial charge in [-0.05, 0) is 12.5 Å². The summed E-state index contributed by atoms with van der Waals surface area (Å²) in [6.45, 7) is 5.38. The zero-order valence-corrected chi connectivity index (χ0v) is 11.9. The molecule has 0 aromatic carbocycles. The van der Waals surface area contributed by atoms with Gasteiger partial charge in [0.2, 0.25) is 0 Å². The lowest BCUT2D eigenvalue weighted by molar-refractivity contribution is -0.385. The van der Waals surface area contributed by atoms with Gasteiger partial charge in [0, 0.05) is 38.8 Å². The predicted molar refractivity (Wildman–Crippen MR) is 76.5 cm³/mol. The predicted octanol–water partition coefficient (Wildman–Crippen LogP) is 0.895. The summed E-state index contributed by atoms with van der Waals surface area (Å²) in [5.74, 6) is -0.0243. The second-order valence-electron chi connectivity index (χ2n) is 5.06. The number of nitrogens with zero attached hydrogens (tertiary/aromatic N) is 4. The quantitative estimate of drug-likeness (QED) is 0.636. The summed E-state index contributed by atoms with van der Waals surface area (Å²) in [5.41, 5.74) is 0.777. The average Bonchev–Trinajstić information content (AvgIpc) is 2.45. The molecule has 0 radical (unpaired) electrons. The molecular weight excluding hydrogens is 276 g/mol. The molecule has 1 saturated heterocycles. The highest BCUT2D eigenvalue weighted by Gasteiger charge is 2.20. The van der Waals surface area contributed by atoms with Crippen LogP contribution in [0.1, 0.15) is 12.0 Å². The number of rotatable bonds is 5. The van der Waals surface area contributed by atoms with Crippen LogP contribution in [-0.4, -0.2) is 58.6 Å². The van der Waals surface area contributed by atoms with Crippen molar-refractivity contribution in [1.29, 1.82) is 0 Å². The number of aliphatic carboxylic acids is 1. The molecule has 0 spiro atoms. The van der Waals surface area contributed by atoms with Crippen molar-refractivity contribution >= 4 is 17.5 Å². The number of hydrogen-bond acceptors (Lipinski definition) is 6. The van der Waals surface area contributed by atoms with Gasteiger partial charge in [-0.15, -0.1) is 0 Å². The minimum absolute atomic E-state index is 0.00339. The molecule has 0 atom stereocenters. The number of aromatic nitrogens is 1. The molecule has 0 bridgehead atoms. The summed E-state index contributed by atoms with van der Waals surface area (Å²) in [5, 5.41) is 19.4. The van der Waals surface area contributed by atoms with Gasteiger partial charge in [0.1, 0.15) is 12.0 Å². The fraction of sp³-hybridized carbons (Fsp3) is 0.538. The molecule has 1 fully saturated rings. The first-order chi connectivity index (χ1) is 9.97. The molecule has 1 aromatic rings. The van der Waals surface area contributed by atoms with Gasteiger partial charge in [-0.3, -0.25) is 19.8 Å². The van der Waals surface area contributed by atoms with Crippen molar-refractivity contribution in [2.75, 3.05) is 37.6 Å². The van der Waals surface area contributed by atoms with Crippen LogP contribution in [0.2, 0.25) is 0 Å². The smallest absolute Gasteiger partial charge is 0.304 e. The zero-order valence-electron chi connectivity index (χ0n) is 11.9. The third-order valence-corrected chi connectivity index (χ3v) is 3.56. The molecule has 2 heterocycles. The topological polar surface area (TPSA) is 99.8 Å². The van der Waals surface area contributed by atoms with Crippen molar-refractivity contribution in [1.82, 2.24) is 9.88 Å². The lowest BCUT2D eigenvalue weighted by Crippen LogP contribution is -2.47. The van der Waals surface area contributed by atoms with E-state index < -0.39 is 10.9 Å². The van der Waals surface area contributed by atoms with Crippen LogP contribution < -0.4 is 4.90 Å². The van der Waals surface area contributed by atoms with Crippen molar-refractivity contribution in [2.45, 2.75) is 13.3 Å². The van der Waals surface area contributed by atoms with E-state index in [0.29, 0.717) is 6.54 Å². The van der Waals surface area contributed by atoms with Gasteiger partial charge in [-0.2, -0.15) is 0 Å². The number of aryl methyl sites for hydroxylation is 1. The van der Waals surface area contributed by atoms with Crippen LogP contribution in [-0.2, 0) is 4.79 Å². The van der Waals surface area contributed by atoms with Gasteiger partial charge >= 0.3 is 5.97 Å². The molecular formula is C13H18N4O4. The van der Waals surface area contributed by atoms with E-state index in [-0.39, 0.29) is 12.1 Å². The van der Waals surface area contributed by atoms with Gasteiger partial charge in [0.15, 0.2) is 0 Å². The molecule has 2 rings (SSSR count). The Balaban J connectivity index is 1.96. The minimum Gasteiger partial charge on any atom is -0.481 e. The summed E-state index contributed by atoms with van der Waals surface area (Å²) in [6.07, 6.45) is 1.42. The molecule has 8 heteroatoms. The van der Waals surface area contributed by atoms with Crippen LogP contribution in [0.15, 0.2) is 12.3 Å². The van der Waals surface area contributed by atoms with Gasteiger partial charge < -0.3 is 10.0 Å². The van der Waals surface area contributed by atoms with E-state index in [1.807, 2.05) is 6.92 Å². The van der Waals surface area contributed by atoms with Crippen LogP contribution in [0, 0.1) is 17.0 Å². The number of piperazine rings is 1. The third-order valence-electron chi connectivity index (χ3n) is 3.56. The number of nitro groups is 1. The van der Waals surface area contributed by atoms with Crippen molar-refractivity contribution in [3.05, 3.63) is 27.9 Å². The SMILES string of the molecule is Cc1cc([N+](=O)[O-])cnc1N1CCN(CCC(=O)O)CC1. The number of pyridine rings is 1. The summed E-state index contributed by atoms with van der Waals surface area (Å²) < 4.78 is 0. The Morgan fingerprint density at radius 1 is 1.43 bits per heavy atom. The van der Waals surface area contributed by atoms with Crippen LogP contribution >= 0.6 is 0 Å². The number of carboxylic acids is 1. The summed E-state index contributed by atoms with van der Waals surface area (Å²) in [4.78, 5) is 29.2. The molecule has 1 aliphatic heterocycles. The fourth-order valence-electron chi connectivity index (χ4n) is 2.42. The van der Waals surface area contributed by atoms with Gasteiger partial charge in [0.05, 0.1) is 11.3 Å². The Hall–Kier alpha value is -2.22. The van der Waals surface area contributed by atoms with Crippen molar-refractivity contribution in [2.24, 2.45) is 0 Å². The number of carbonyl (C=O) groups is 1. The van der Waals surface area contributed by atoms with Crippen LogP contribution in [0.4, 0.5) is 11.5 Å². The van der Waals surface area contributed by atoms with Crippen molar-refractivity contribution in [3.63, 3.8) is 0 Å². The number of anilines is 1. The minimum atomic E-state index is -0.787. The second-order valence-corrected chi connectivity index (χ2v) is 5.06. The van der Waals surface area contributed by atoms with E-state index in [2.05, 4.69) is 14.8 Å². The van der Waals surface area contributed by atoms with Crippen molar-refractivity contribution < 1.29 is 14.8 Å². The largest absolute Gasteiger partial charge is 0.481 e. The van der Waals surface area contributed by atoms with Gasteiger partial charge in [-0.25, -0.2) is 4.98 Å². The highest BCUT2D eigenvalue weighted by Crippen LogP contribution is 2.22. The molecule has 0 saturated carbocycles. The van der Waals surface area contributed by atoms with Crippen molar-refractivity contribution in [3.8, 4) is 0 Å². The number of carboxylic acid groups (broad SMARTS) is 1. The molecule has 1 aromatic heterocycles. The van der Waals surface area contributed by atoms with Crippen LogP contribution in [0.25, 0.3) is 0 Å². The lowest BCUT2D eigenvalue weighted by atomic mass is 10.2. The van der Waals surface area contributed by atoms with E-state index in [4.69, 9.17) is 5.11 Å². The maximum atomic E-state index is 10.7. The van der Waals surface area contributed by atoms with E-state index in [1.54, 1.807) is 0 Å². The average molecular weight is 294 g/mol. The Kier molecular flexibility index (Phi) is 4.69. The molecule has 21 heavy (non-hydrogen) atoms. The molecule has 8 nitrogen and oxygen atoms in total. The fourth-order valence-corrected chi connectivity index (χ4v) is 2.42. The molecule has 0 unspecified atom stereocenters. The zero-order chi connectivity index (χ0) is 15.4. The third kappa shape index (κ3) is 3.88. The Bertz CT molecular complexity index is 541. The van der Waals surface area contributed by atoms with Gasteiger partial charge in [-0.1, -0.05) is 0 Å². The summed E-state index contributed by atoms with van der Waals surface area (Å²) in [7, 11) is 0. The monoisotopic (exact) mass is 294 g/mol. The molecule has 1 aliphatic rings. The summed E-state index contributed by atoms with van der Waals surface area (Å²) in [6, 6.07) is 1.53. The Labute approximate surface area is 122 Å². The lowest BCUT2D eigenvalue weighted by Gasteiger charge is -2.35. The summed E-state index contributed by atoms with van der Waals surface area (Å²) >= 11 is 0. The maximum Gasteiger partial charge on any atom is 0.304 e. The Morgan fingerprint density at radius 2 is 2.10 bits per heavy atom. The van der Waals surface area contributed by atoms with Crippen LogP contribution in [0.3, 0.4) is 0 Å². The van der Waals surface area contributed by atoms with E-state index >= 15 is 0 Å². The molecule has 114 valence electrons. The first-order valence-corrected chi connectivity index (χ1v) is 6.77. The van der Waals surface area contributed by atoms with E-state index in [9.17, 15) is 14.9 Å². The Morgan fingerprint density at radius 3 is 2.62 bits per heavy atom. The molecule has 1 N–H and O–H groups in total. The molecule has 0 aliphatic carbocycles. The first kappa shape index (κ1) is 15.2.